The fourth-order valence-electron chi connectivity index (χ4n) is 5.74. The molecule has 2 aliphatic rings. The summed E-state index contributed by atoms with van der Waals surface area (Å²) in [5.41, 5.74) is 1.82. The van der Waals surface area contributed by atoms with E-state index in [4.69, 9.17) is 9.47 Å². The lowest BCUT2D eigenvalue weighted by atomic mass is 9.83. The second-order valence-corrected chi connectivity index (χ2v) is 10.8. The first-order valence-corrected chi connectivity index (χ1v) is 14.1. The molecule has 9 nitrogen and oxygen atoms in total. The average molecular weight is 539 g/mol. The zero-order chi connectivity index (χ0) is 27.8. The van der Waals surface area contributed by atoms with Crippen LogP contribution in [0, 0.1) is 5.92 Å². The molecule has 3 atom stereocenters. The first kappa shape index (κ1) is 28.8. The van der Waals surface area contributed by atoms with Crippen LogP contribution < -0.4 is 9.47 Å². The van der Waals surface area contributed by atoms with Crippen LogP contribution in [0.5, 0.6) is 11.5 Å². The number of aromatic nitrogens is 1. The summed E-state index contributed by atoms with van der Waals surface area (Å²) in [5, 5.41) is 10.5. The van der Waals surface area contributed by atoms with Crippen molar-refractivity contribution in [1.82, 2.24) is 19.7 Å². The van der Waals surface area contributed by atoms with E-state index in [-0.39, 0.29) is 31.2 Å². The van der Waals surface area contributed by atoms with Gasteiger partial charge in [-0.1, -0.05) is 25.5 Å². The lowest BCUT2D eigenvalue weighted by Crippen LogP contribution is -2.45. The summed E-state index contributed by atoms with van der Waals surface area (Å²) in [5.74, 6) is -0.376. The summed E-state index contributed by atoms with van der Waals surface area (Å²) in [7, 11) is 4.08. The van der Waals surface area contributed by atoms with Crippen molar-refractivity contribution >= 4 is 11.9 Å². The molecule has 2 aliphatic heterocycles. The summed E-state index contributed by atoms with van der Waals surface area (Å²) in [6.45, 7) is 5.35. The van der Waals surface area contributed by atoms with Gasteiger partial charge >= 0.3 is 5.97 Å². The van der Waals surface area contributed by atoms with Gasteiger partial charge in [0.25, 0.3) is 0 Å². The van der Waals surface area contributed by atoms with Crippen molar-refractivity contribution in [2.45, 2.75) is 51.0 Å². The third-order valence-corrected chi connectivity index (χ3v) is 7.79. The summed E-state index contributed by atoms with van der Waals surface area (Å²) >= 11 is 0. The molecule has 3 heterocycles. The Morgan fingerprint density at radius 3 is 2.59 bits per heavy atom. The molecule has 0 bridgehead atoms. The van der Waals surface area contributed by atoms with Crippen LogP contribution in [0.15, 0.2) is 42.6 Å². The highest BCUT2D eigenvalue weighted by Gasteiger charge is 2.47. The molecule has 1 amide bonds. The first-order chi connectivity index (χ1) is 18.9. The Morgan fingerprint density at radius 1 is 1.08 bits per heavy atom. The number of aliphatic carboxylic acids is 1. The normalized spacial score (nSPS) is 20.5. The standard InChI is InChI=1S/C30H42N4O5/c1-4-5-16-33(17-8-15-32(2)3)28(35)20-34-19-24(22-10-13-26-27(18-22)39-21-38-26)29(30(36)37)25(34)12-11-23-9-6-7-14-31-23/h6-7,9-10,13-14,18,24-25,29H,4-5,8,11-12,15-17,19-21H2,1-3H3,(H,36,37)/t24-,25+,29?/m1/s1. The molecule has 2 aromatic rings. The third kappa shape index (κ3) is 7.48. The van der Waals surface area contributed by atoms with E-state index in [0.29, 0.717) is 37.4 Å². The van der Waals surface area contributed by atoms with E-state index in [0.717, 1.165) is 43.6 Å². The van der Waals surface area contributed by atoms with Gasteiger partial charge in [0.05, 0.1) is 12.5 Å². The van der Waals surface area contributed by atoms with Crippen molar-refractivity contribution in [2.75, 3.05) is 53.6 Å². The van der Waals surface area contributed by atoms with Crippen molar-refractivity contribution in [3.05, 3.63) is 53.9 Å². The molecule has 212 valence electrons. The third-order valence-electron chi connectivity index (χ3n) is 7.79. The molecule has 0 aliphatic carbocycles. The maximum absolute atomic E-state index is 13.6. The number of fused-ring (bicyclic) bond motifs is 1. The molecule has 1 aromatic carbocycles. The van der Waals surface area contributed by atoms with Crippen molar-refractivity contribution in [3.63, 3.8) is 0 Å². The Kier molecular flexibility index (Phi) is 10.2. The molecule has 0 radical (unpaired) electrons. The van der Waals surface area contributed by atoms with E-state index in [1.165, 1.54) is 0 Å². The fraction of sp³-hybridized carbons (Fsp3) is 0.567. The quantitative estimate of drug-likeness (QED) is 0.391. The Labute approximate surface area is 231 Å². The number of hydrogen-bond acceptors (Lipinski definition) is 7. The SMILES string of the molecule is CCCCN(CCCN(C)C)C(=O)CN1C[C@H](c2ccc3c(c2)OCO3)C(C(=O)O)[C@@H]1CCc1ccccn1. The number of hydrogen-bond donors (Lipinski definition) is 1. The lowest BCUT2D eigenvalue weighted by molar-refractivity contribution is -0.143. The average Bonchev–Trinajstić information content (AvgIpc) is 3.54. The van der Waals surface area contributed by atoms with E-state index in [1.54, 1.807) is 6.20 Å². The molecule has 9 heteroatoms. The summed E-state index contributed by atoms with van der Waals surface area (Å²) in [6.07, 6.45) is 5.89. The highest BCUT2D eigenvalue weighted by atomic mass is 16.7. The molecular weight excluding hydrogens is 496 g/mol. The monoisotopic (exact) mass is 538 g/mol. The van der Waals surface area contributed by atoms with Gasteiger partial charge in [0.1, 0.15) is 0 Å². The van der Waals surface area contributed by atoms with Gasteiger partial charge in [0, 0.05) is 43.5 Å². The van der Waals surface area contributed by atoms with E-state index >= 15 is 0 Å². The Balaban J connectivity index is 1.56. The zero-order valence-electron chi connectivity index (χ0n) is 23.4. The van der Waals surface area contributed by atoms with Crippen LogP contribution in [-0.4, -0.2) is 96.3 Å². The first-order valence-electron chi connectivity index (χ1n) is 14.1. The molecule has 39 heavy (non-hydrogen) atoms. The van der Waals surface area contributed by atoms with Crippen LogP contribution in [0.2, 0.25) is 0 Å². The largest absolute Gasteiger partial charge is 0.481 e. The van der Waals surface area contributed by atoms with Crippen LogP contribution in [-0.2, 0) is 16.0 Å². The van der Waals surface area contributed by atoms with E-state index in [9.17, 15) is 14.7 Å². The van der Waals surface area contributed by atoms with Gasteiger partial charge < -0.3 is 24.4 Å². The van der Waals surface area contributed by atoms with Crippen molar-refractivity contribution in [1.29, 1.82) is 0 Å². The number of pyridine rings is 1. The summed E-state index contributed by atoms with van der Waals surface area (Å²) in [4.78, 5) is 37.0. The molecule has 1 N–H and O–H groups in total. The van der Waals surface area contributed by atoms with Gasteiger partial charge in [0.15, 0.2) is 11.5 Å². The maximum atomic E-state index is 13.6. The number of ether oxygens (including phenoxy) is 2. The van der Waals surface area contributed by atoms with Crippen LogP contribution >= 0.6 is 0 Å². The van der Waals surface area contributed by atoms with E-state index in [1.807, 2.05) is 55.4 Å². The minimum absolute atomic E-state index is 0.0699. The fourth-order valence-corrected chi connectivity index (χ4v) is 5.74. The Bertz CT molecular complexity index is 1100. The van der Waals surface area contributed by atoms with Crippen molar-refractivity contribution in [2.24, 2.45) is 5.92 Å². The summed E-state index contributed by atoms with van der Waals surface area (Å²) in [6, 6.07) is 11.2. The summed E-state index contributed by atoms with van der Waals surface area (Å²) < 4.78 is 11.1. The van der Waals surface area contributed by atoms with Crippen molar-refractivity contribution < 1.29 is 24.2 Å². The number of carbonyl (C=O) groups is 2. The predicted octanol–water partition coefficient (Wildman–Crippen LogP) is 3.49. The molecule has 1 fully saturated rings. The number of amides is 1. The van der Waals surface area contributed by atoms with Gasteiger partial charge in [0.2, 0.25) is 12.7 Å². The number of carbonyl (C=O) groups excluding carboxylic acids is 1. The molecule has 0 spiro atoms. The number of unbranched alkanes of at least 4 members (excludes halogenated alkanes) is 1. The van der Waals surface area contributed by atoms with Gasteiger partial charge in [-0.2, -0.15) is 0 Å². The Morgan fingerprint density at radius 2 is 1.87 bits per heavy atom. The zero-order valence-corrected chi connectivity index (χ0v) is 23.4. The number of carboxylic acid groups (broad SMARTS) is 1. The molecule has 4 rings (SSSR count). The van der Waals surface area contributed by atoms with Crippen LogP contribution in [0.3, 0.4) is 0 Å². The minimum atomic E-state index is -0.840. The maximum Gasteiger partial charge on any atom is 0.308 e. The smallest absolute Gasteiger partial charge is 0.308 e. The highest BCUT2D eigenvalue weighted by molar-refractivity contribution is 5.79. The number of likely N-dealkylation sites (tertiary alicyclic amines) is 1. The highest BCUT2D eigenvalue weighted by Crippen LogP contribution is 2.43. The van der Waals surface area contributed by atoms with Crippen LogP contribution in [0.4, 0.5) is 0 Å². The molecule has 0 saturated carbocycles. The topological polar surface area (TPSA) is 95.4 Å². The van der Waals surface area contributed by atoms with Gasteiger partial charge in [-0.3, -0.25) is 19.5 Å². The molecular formula is C30H42N4O5. The Hall–Kier alpha value is -3.17. The molecule has 1 aromatic heterocycles. The van der Waals surface area contributed by atoms with Gasteiger partial charge in [-0.05, 0) is 76.2 Å². The van der Waals surface area contributed by atoms with Crippen molar-refractivity contribution in [3.8, 4) is 11.5 Å². The second kappa shape index (κ2) is 13.8. The van der Waals surface area contributed by atoms with E-state index in [2.05, 4.69) is 21.7 Å². The van der Waals surface area contributed by atoms with E-state index < -0.39 is 11.9 Å². The lowest BCUT2D eigenvalue weighted by Gasteiger charge is -2.30. The number of carboxylic acids is 1. The van der Waals surface area contributed by atoms with Gasteiger partial charge in [-0.15, -0.1) is 0 Å². The van der Waals surface area contributed by atoms with Crippen LogP contribution in [0.25, 0.3) is 0 Å². The second-order valence-electron chi connectivity index (χ2n) is 10.8. The number of rotatable bonds is 14. The number of benzene rings is 1. The number of aryl methyl sites for hydroxylation is 1. The molecule has 1 unspecified atom stereocenters. The number of nitrogens with zero attached hydrogens (tertiary/aromatic N) is 4. The minimum Gasteiger partial charge on any atom is -0.481 e. The predicted molar refractivity (Wildman–Crippen MR) is 149 cm³/mol. The van der Waals surface area contributed by atoms with Crippen LogP contribution in [0.1, 0.15) is 49.8 Å². The molecule has 1 saturated heterocycles. The van der Waals surface area contributed by atoms with Gasteiger partial charge in [-0.25, -0.2) is 0 Å².